The van der Waals surface area contributed by atoms with E-state index >= 15 is 0 Å². The first-order valence-corrected chi connectivity index (χ1v) is 8.23. The average Bonchev–Trinajstić information content (AvgIpc) is 2.62. The van der Waals surface area contributed by atoms with E-state index in [1.54, 1.807) is 25.3 Å². The van der Waals surface area contributed by atoms with E-state index in [-0.39, 0.29) is 10.0 Å². The van der Waals surface area contributed by atoms with Gasteiger partial charge in [0.25, 0.3) is 5.91 Å². The molecule has 1 aromatic carbocycles. The van der Waals surface area contributed by atoms with Crippen molar-refractivity contribution in [3.63, 3.8) is 0 Å². The van der Waals surface area contributed by atoms with Crippen molar-refractivity contribution >= 4 is 34.8 Å². The lowest BCUT2D eigenvalue weighted by Gasteiger charge is -2.18. The molecule has 2 rings (SSSR count). The maximum absolute atomic E-state index is 12.5. The van der Waals surface area contributed by atoms with Crippen molar-refractivity contribution in [2.24, 2.45) is 0 Å². The van der Waals surface area contributed by atoms with Crippen LogP contribution in [0.1, 0.15) is 23.7 Å². The Hall–Kier alpha value is -2.02. The molecule has 0 radical (unpaired) electrons. The summed E-state index contributed by atoms with van der Waals surface area (Å²) in [7, 11) is 3.07. The van der Waals surface area contributed by atoms with Crippen LogP contribution in [-0.2, 0) is 4.74 Å². The molecule has 0 spiro atoms. The number of methoxy groups -OCH3 is 2. The van der Waals surface area contributed by atoms with Gasteiger partial charge in [0.2, 0.25) is 0 Å². The SMILES string of the molecule is CCC(OC)Oc1cc(C(=O)Nc2c(Cl)cncc2Cl)ccc1OC. The summed E-state index contributed by atoms with van der Waals surface area (Å²) in [5, 5.41) is 3.16. The van der Waals surface area contributed by atoms with E-state index in [1.807, 2.05) is 6.92 Å². The fourth-order valence-corrected chi connectivity index (χ4v) is 2.53. The number of amides is 1. The Kier molecular flexibility index (Phi) is 6.87. The van der Waals surface area contributed by atoms with Crippen LogP contribution >= 0.6 is 23.2 Å². The highest BCUT2D eigenvalue weighted by Gasteiger charge is 2.16. The predicted octanol–water partition coefficient (Wildman–Crippen LogP) is 4.41. The number of pyridine rings is 1. The molecule has 0 saturated carbocycles. The minimum atomic E-state index is -0.448. The second-order valence-electron chi connectivity index (χ2n) is 4.99. The van der Waals surface area contributed by atoms with Gasteiger partial charge in [-0.1, -0.05) is 30.1 Å². The largest absolute Gasteiger partial charge is 0.493 e. The summed E-state index contributed by atoms with van der Waals surface area (Å²) in [5.41, 5.74) is 0.649. The maximum Gasteiger partial charge on any atom is 0.255 e. The monoisotopic (exact) mass is 384 g/mol. The zero-order valence-corrected chi connectivity index (χ0v) is 15.5. The Morgan fingerprint density at radius 1 is 1.20 bits per heavy atom. The van der Waals surface area contributed by atoms with Gasteiger partial charge in [-0.2, -0.15) is 0 Å². The van der Waals surface area contributed by atoms with Gasteiger partial charge in [0.1, 0.15) is 0 Å². The first kappa shape index (κ1) is 19.3. The number of halogens is 2. The number of nitrogens with one attached hydrogen (secondary N) is 1. The number of hydrogen-bond donors (Lipinski definition) is 1. The number of anilines is 1. The lowest BCUT2D eigenvalue weighted by molar-refractivity contribution is -0.0559. The molecule has 25 heavy (non-hydrogen) atoms. The summed E-state index contributed by atoms with van der Waals surface area (Å²) < 4.78 is 16.2. The summed E-state index contributed by atoms with van der Waals surface area (Å²) in [4.78, 5) is 16.4. The normalized spacial score (nSPS) is 11.7. The van der Waals surface area contributed by atoms with E-state index in [4.69, 9.17) is 37.4 Å². The molecule has 134 valence electrons. The van der Waals surface area contributed by atoms with Crippen molar-refractivity contribution in [3.8, 4) is 11.5 Å². The van der Waals surface area contributed by atoms with Crippen molar-refractivity contribution in [1.29, 1.82) is 0 Å². The molecule has 0 bridgehead atoms. The number of benzene rings is 1. The molecule has 1 aromatic heterocycles. The van der Waals surface area contributed by atoms with E-state index in [0.717, 1.165) is 0 Å². The number of ether oxygens (including phenoxy) is 3. The van der Waals surface area contributed by atoms with Crippen LogP contribution in [0.15, 0.2) is 30.6 Å². The third-order valence-corrected chi connectivity index (χ3v) is 3.95. The first-order valence-electron chi connectivity index (χ1n) is 7.48. The van der Waals surface area contributed by atoms with E-state index < -0.39 is 12.2 Å². The summed E-state index contributed by atoms with van der Waals surface area (Å²) in [6, 6.07) is 4.82. The number of nitrogens with zero attached hydrogens (tertiary/aromatic N) is 1. The van der Waals surface area contributed by atoms with Crippen LogP contribution < -0.4 is 14.8 Å². The van der Waals surface area contributed by atoms with E-state index in [2.05, 4.69) is 10.3 Å². The molecule has 2 aromatic rings. The van der Waals surface area contributed by atoms with Gasteiger partial charge >= 0.3 is 0 Å². The summed E-state index contributed by atoms with van der Waals surface area (Å²) in [6.45, 7) is 1.92. The van der Waals surface area contributed by atoms with Gasteiger partial charge in [-0.05, 0) is 18.2 Å². The molecule has 6 nitrogen and oxygen atoms in total. The van der Waals surface area contributed by atoms with E-state index in [1.165, 1.54) is 19.5 Å². The Morgan fingerprint density at radius 3 is 2.44 bits per heavy atom. The van der Waals surface area contributed by atoms with Gasteiger partial charge in [0.05, 0.1) is 22.8 Å². The third-order valence-electron chi connectivity index (χ3n) is 3.37. The molecule has 0 aliphatic rings. The van der Waals surface area contributed by atoms with Crippen LogP contribution in [0.2, 0.25) is 10.0 Å². The van der Waals surface area contributed by atoms with Gasteiger partial charge < -0.3 is 19.5 Å². The van der Waals surface area contributed by atoms with Crippen molar-refractivity contribution in [2.45, 2.75) is 19.6 Å². The quantitative estimate of drug-likeness (QED) is 0.715. The molecule has 0 fully saturated rings. The molecule has 1 atom stereocenters. The van der Waals surface area contributed by atoms with Gasteiger partial charge in [-0.15, -0.1) is 0 Å². The standard InChI is InChI=1S/C17H18Cl2N2O4/c1-4-15(24-3)25-14-7-10(5-6-13(14)23-2)17(22)21-16-11(18)8-20-9-12(16)19/h5-9,15H,4H2,1-3H3,(H,20,21,22). The second-order valence-corrected chi connectivity index (χ2v) is 5.80. The Morgan fingerprint density at radius 2 is 1.88 bits per heavy atom. The molecule has 1 amide bonds. The molecular weight excluding hydrogens is 367 g/mol. The Bertz CT molecular complexity index is 731. The van der Waals surface area contributed by atoms with Gasteiger partial charge in [0, 0.05) is 31.5 Å². The van der Waals surface area contributed by atoms with Crippen molar-refractivity contribution in [1.82, 2.24) is 4.98 Å². The summed E-state index contributed by atoms with van der Waals surface area (Å²) in [6.07, 6.45) is 2.99. The Labute approximate surface area is 156 Å². The number of carbonyl (C=O) groups excluding carboxylic acids is 1. The van der Waals surface area contributed by atoms with E-state index in [9.17, 15) is 4.79 Å². The number of carbonyl (C=O) groups is 1. The number of rotatable bonds is 7. The molecule has 8 heteroatoms. The molecule has 0 aliphatic heterocycles. The fourth-order valence-electron chi connectivity index (χ4n) is 2.07. The van der Waals surface area contributed by atoms with Crippen LogP contribution in [0.25, 0.3) is 0 Å². The van der Waals surface area contributed by atoms with Crippen LogP contribution in [-0.4, -0.2) is 31.4 Å². The van der Waals surface area contributed by atoms with Crippen LogP contribution in [0.3, 0.4) is 0 Å². The van der Waals surface area contributed by atoms with E-state index in [0.29, 0.717) is 29.2 Å². The molecule has 1 unspecified atom stereocenters. The highest BCUT2D eigenvalue weighted by atomic mass is 35.5. The molecule has 0 aliphatic carbocycles. The van der Waals surface area contributed by atoms with Crippen LogP contribution in [0, 0.1) is 0 Å². The highest BCUT2D eigenvalue weighted by molar-refractivity contribution is 6.39. The highest BCUT2D eigenvalue weighted by Crippen LogP contribution is 2.32. The van der Waals surface area contributed by atoms with Gasteiger partial charge in [-0.3, -0.25) is 9.78 Å². The number of aromatic nitrogens is 1. The number of hydrogen-bond acceptors (Lipinski definition) is 5. The zero-order valence-electron chi connectivity index (χ0n) is 14.0. The maximum atomic E-state index is 12.5. The van der Waals surface area contributed by atoms with Crippen molar-refractivity contribution in [2.75, 3.05) is 19.5 Å². The van der Waals surface area contributed by atoms with Crippen LogP contribution in [0.4, 0.5) is 5.69 Å². The third kappa shape index (κ3) is 4.75. The smallest absolute Gasteiger partial charge is 0.255 e. The van der Waals surface area contributed by atoms with Crippen molar-refractivity contribution in [3.05, 3.63) is 46.2 Å². The summed E-state index contributed by atoms with van der Waals surface area (Å²) >= 11 is 12.0. The van der Waals surface area contributed by atoms with Crippen molar-refractivity contribution < 1.29 is 19.0 Å². The Balaban J connectivity index is 2.28. The summed E-state index contributed by atoms with van der Waals surface area (Å²) in [5.74, 6) is 0.496. The second kappa shape index (κ2) is 8.89. The minimum Gasteiger partial charge on any atom is -0.493 e. The first-order chi connectivity index (χ1) is 12.0. The minimum absolute atomic E-state index is 0.247. The van der Waals surface area contributed by atoms with Gasteiger partial charge in [0.15, 0.2) is 17.8 Å². The lowest BCUT2D eigenvalue weighted by atomic mass is 10.2. The molecule has 1 N–H and O–H groups in total. The van der Waals surface area contributed by atoms with Crippen LogP contribution in [0.5, 0.6) is 11.5 Å². The van der Waals surface area contributed by atoms with Gasteiger partial charge in [-0.25, -0.2) is 0 Å². The molecule has 1 heterocycles. The topological polar surface area (TPSA) is 69.7 Å². The average molecular weight is 385 g/mol. The predicted molar refractivity (Wildman–Crippen MR) is 96.9 cm³/mol. The fraction of sp³-hybridized carbons (Fsp3) is 0.294. The lowest BCUT2D eigenvalue weighted by Crippen LogP contribution is -2.18. The molecule has 0 saturated heterocycles. The zero-order chi connectivity index (χ0) is 18.4. The molecular formula is C17H18Cl2N2O4.